The van der Waals surface area contributed by atoms with Crippen molar-refractivity contribution >= 4 is 10.0 Å². The molecular weight excluding hydrogens is 288 g/mol. The lowest BCUT2D eigenvalue weighted by Gasteiger charge is -2.12. The predicted octanol–water partition coefficient (Wildman–Crippen LogP) is 1.28. The van der Waals surface area contributed by atoms with Crippen molar-refractivity contribution in [2.45, 2.75) is 12.5 Å². The van der Waals surface area contributed by atoms with Crippen LogP contribution in [-0.4, -0.2) is 30.8 Å². The van der Waals surface area contributed by atoms with E-state index in [1.807, 2.05) is 12.1 Å². The van der Waals surface area contributed by atoms with Gasteiger partial charge in [0.2, 0.25) is 10.0 Å². The molecule has 0 bridgehead atoms. The second kappa shape index (κ2) is 7.31. The number of aliphatic hydroxyl groups excluding tert-OH is 1. The van der Waals surface area contributed by atoms with Crippen LogP contribution in [0.4, 0.5) is 0 Å². The average Bonchev–Trinajstić information content (AvgIpc) is 2.53. The van der Waals surface area contributed by atoms with Crippen LogP contribution in [0.5, 0.6) is 0 Å². The zero-order chi connectivity index (χ0) is 15.1. The van der Waals surface area contributed by atoms with Gasteiger partial charge in [-0.15, -0.1) is 0 Å². The van der Waals surface area contributed by atoms with Crippen LogP contribution in [0.1, 0.15) is 17.4 Å². The van der Waals surface area contributed by atoms with Gasteiger partial charge in [-0.05, 0) is 17.7 Å². The van der Waals surface area contributed by atoms with Crippen LogP contribution in [0.25, 0.3) is 0 Å². The third-order valence-corrected chi connectivity index (χ3v) is 4.38. The molecule has 0 spiro atoms. The van der Waals surface area contributed by atoms with Gasteiger partial charge in [-0.2, -0.15) is 0 Å². The van der Waals surface area contributed by atoms with E-state index < -0.39 is 16.1 Å². The zero-order valence-corrected chi connectivity index (χ0v) is 12.3. The molecule has 0 amide bonds. The first-order chi connectivity index (χ1) is 10.1. The molecule has 112 valence electrons. The van der Waals surface area contributed by atoms with Gasteiger partial charge in [0.25, 0.3) is 0 Å². The summed E-state index contributed by atoms with van der Waals surface area (Å²) in [5.74, 6) is -0.0501. The first-order valence-corrected chi connectivity index (χ1v) is 8.32. The van der Waals surface area contributed by atoms with Crippen molar-refractivity contribution < 1.29 is 13.5 Å². The molecule has 1 unspecified atom stereocenters. The fraction of sp³-hybridized carbons (Fsp3) is 0.267. The van der Waals surface area contributed by atoms with Gasteiger partial charge in [-0.25, -0.2) is 13.1 Å². The van der Waals surface area contributed by atoms with Crippen LogP contribution in [0.2, 0.25) is 0 Å². The van der Waals surface area contributed by atoms with Crippen molar-refractivity contribution in [3.05, 3.63) is 66.0 Å². The largest absolute Gasteiger partial charge is 0.387 e. The first-order valence-electron chi connectivity index (χ1n) is 6.67. The van der Waals surface area contributed by atoms with E-state index in [1.165, 1.54) is 0 Å². The van der Waals surface area contributed by atoms with Gasteiger partial charge >= 0.3 is 0 Å². The summed E-state index contributed by atoms with van der Waals surface area (Å²) in [5.41, 5.74) is 1.41. The Bertz CT molecular complexity index is 645. The maximum Gasteiger partial charge on any atom is 0.212 e. The van der Waals surface area contributed by atoms with Gasteiger partial charge in [0.15, 0.2) is 0 Å². The minimum atomic E-state index is -3.43. The van der Waals surface area contributed by atoms with Crippen molar-refractivity contribution in [1.29, 1.82) is 0 Å². The molecule has 1 heterocycles. The van der Waals surface area contributed by atoms with Crippen molar-refractivity contribution in [3.63, 3.8) is 0 Å². The van der Waals surface area contributed by atoms with Crippen LogP contribution >= 0.6 is 0 Å². The van der Waals surface area contributed by atoms with E-state index in [2.05, 4.69) is 9.71 Å². The lowest BCUT2D eigenvalue weighted by molar-refractivity contribution is 0.182. The third kappa shape index (κ3) is 5.26. The van der Waals surface area contributed by atoms with E-state index in [0.29, 0.717) is 12.0 Å². The Balaban J connectivity index is 1.84. The Morgan fingerprint density at radius 1 is 1.10 bits per heavy atom. The molecule has 1 aromatic heterocycles. The number of aryl methyl sites for hydroxylation is 1. The molecule has 0 fully saturated rings. The summed E-state index contributed by atoms with van der Waals surface area (Å²) in [5, 5.41) is 9.93. The van der Waals surface area contributed by atoms with Gasteiger partial charge in [-0.1, -0.05) is 36.4 Å². The standard InChI is InChI=1S/C15H18N2O3S/c18-15(13-6-2-1-3-7-13)12-17-21(19,20)11-9-14-8-4-5-10-16-14/h1-8,10,15,17-18H,9,11-12H2. The number of hydrogen-bond donors (Lipinski definition) is 2. The molecule has 0 saturated heterocycles. The SMILES string of the molecule is O=S(=O)(CCc1ccccn1)NCC(O)c1ccccc1. The second-order valence-corrected chi connectivity index (χ2v) is 6.59. The molecule has 21 heavy (non-hydrogen) atoms. The Kier molecular flexibility index (Phi) is 5.44. The number of benzene rings is 1. The average molecular weight is 306 g/mol. The molecule has 6 heteroatoms. The first kappa shape index (κ1) is 15.6. The minimum Gasteiger partial charge on any atom is -0.387 e. The normalized spacial score (nSPS) is 13.0. The molecule has 0 saturated carbocycles. The van der Waals surface area contributed by atoms with Crippen LogP contribution in [0, 0.1) is 0 Å². The summed E-state index contributed by atoms with van der Waals surface area (Å²) in [6.45, 7) is -0.0332. The number of hydrogen-bond acceptors (Lipinski definition) is 4. The highest BCUT2D eigenvalue weighted by Gasteiger charge is 2.14. The van der Waals surface area contributed by atoms with Crippen molar-refractivity contribution in [1.82, 2.24) is 9.71 Å². The topological polar surface area (TPSA) is 79.3 Å². The number of aromatic nitrogens is 1. The molecule has 0 aliphatic carbocycles. The lowest BCUT2D eigenvalue weighted by Crippen LogP contribution is -2.31. The molecule has 2 N–H and O–H groups in total. The fourth-order valence-electron chi connectivity index (χ4n) is 1.86. The molecule has 0 aliphatic heterocycles. The van der Waals surface area contributed by atoms with E-state index >= 15 is 0 Å². The Morgan fingerprint density at radius 2 is 1.81 bits per heavy atom. The predicted molar refractivity (Wildman–Crippen MR) is 81.1 cm³/mol. The van der Waals surface area contributed by atoms with Gasteiger partial charge in [-0.3, -0.25) is 4.98 Å². The third-order valence-electron chi connectivity index (χ3n) is 3.03. The van der Waals surface area contributed by atoms with Crippen molar-refractivity contribution in [3.8, 4) is 0 Å². The number of sulfonamides is 1. The van der Waals surface area contributed by atoms with Crippen LogP contribution in [0.15, 0.2) is 54.7 Å². The van der Waals surface area contributed by atoms with Gasteiger partial charge in [0.1, 0.15) is 0 Å². The fourth-order valence-corrected chi connectivity index (χ4v) is 2.89. The van der Waals surface area contributed by atoms with Crippen molar-refractivity contribution in [2.24, 2.45) is 0 Å². The van der Waals surface area contributed by atoms with Crippen LogP contribution < -0.4 is 4.72 Å². The lowest BCUT2D eigenvalue weighted by atomic mass is 10.1. The molecule has 0 aliphatic rings. The van der Waals surface area contributed by atoms with Gasteiger partial charge in [0, 0.05) is 24.9 Å². The maximum atomic E-state index is 11.9. The highest BCUT2D eigenvalue weighted by atomic mass is 32.2. The van der Waals surface area contributed by atoms with Gasteiger partial charge < -0.3 is 5.11 Å². The number of nitrogens with one attached hydrogen (secondary N) is 1. The van der Waals surface area contributed by atoms with E-state index in [0.717, 1.165) is 5.69 Å². The molecule has 2 aromatic rings. The highest BCUT2D eigenvalue weighted by molar-refractivity contribution is 7.89. The molecule has 0 radical (unpaired) electrons. The summed E-state index contributed by atoms with van der Waals surface area (Å²) in [6, 6.07) is 14.3. The zero-order valence-electron chi connectivity index (χ0n) is 11.5. The van der Waals surface area contributed by atoms with Gasteiger partial charge in [0.05, 0.1) is 11.9 Å². The minimum absolute atomic E-state index is 0.0332. The quantitative estimate of drug-likeness (QED) is 0.807. The number of aliphatic hydroxyl groups is 1. The number of rotatable bonds is 7. The smallest absolute Gasteiger partial charge is 0.212 e. The highest BCUT2D eigenvalue weighted by Crippen LogP contribution is 2.11. The van der Waals surface area contributed by atoms with E-state index in [-0.39, 0.29) is 12.3 Å². The molecule has 1 atom stereocenters. The van der Waals surface area contributed by atoms with Crippen LogP contribution in [-0.2, 0) is 16.4 Å². The monoisotopic (exact) mass is 306 g/mol. The Morgan fingerprint density at radius 3 is 2.48 bits per heavy atom. The summed E-state index contributed by atoms with van der Waals surface area (Å²) in [6.07, 6.45) is 1.13. The summed E-state index contributed by atoms with van der Waals surface area (Å²) < 4.78 is 26.2. The Hall–Kier alpha value is -1.76. The molecule has 5 nitrogen and oxygen atoms in total. The summed E-state index contributed by atoms with van der Waals surface area (Å²) in [4.78, 5) is 4.08. The molecule has 1 aromatic carbocycles. The number of nitrogens with zero attached hydrogens (tertiary/aromatic N) is 1. The van der Waals surface area contributed by atoms with Crippen LogP contribution in [0.3, 0.4) is 0 Å². The number of pyridine rings is 1. The molecular formula is C15H18N2O3S. The Labute approximate surface area is 124 Å². The second-order valence-electron chi connectivity index (χ2n) is 4.66. The van der Waals surface area contributed by atoms with E-state index in [1.54, 1.807) is 42.6 Å². The van der Waals surface area contributed by atoms with E-state index in [9.17, 15) is 13.5 Å². The van der Waals surface area contributed by atoms with E-state index in [4.69, 9.17) is 0 Å². The maximum absolute atomic E-state index is 11.9. The van der Waals surface area contributed by atoms with Crippen molar-refractivity contribution in [2.75, 3.05) is 12.3 Å². The summed E-state index contributed by atoms with van der Waals surface area (Å²) in [7, 11) is -3.43. The molecule has 2 rings (SSSR count). The summed E-state index contributed by atoms with van der Waals surface area (Å²) >= 11 is 0.